The van der Waals surface area contributed by atoms with Gasteiger partial charge < -0.3 is 10.6 Å². The van der Waals surface area contributed by atoms with Crippen LogP contribution in [0, 0.1) is 11.6 Å². The Morgan fingerprint density at radius 3 is 2.76 bits per heavy atom. The van der Waals surface area contributed by atoms with Gasteiger partial charge in [0.05, 0.1) is 17.0 Å². The van der Waals surface area contributed by atoms with E-state index in [0.717, 1.165) is 22.7 Å². The minimum atomic E-state index is -0.961. The topological polar surface area (TPSA) is 58.2 Å². The van der Waals surface area contributed by atoms with Crippen LogP contribution in [-0.4, -0.2) is 17.1 Å². The predicted octanol–water partition coefficient (Wildman–Crippen LogP) is 3.65. The van der Waals surface area contributed by atoms with Gasteiger partial charge >= 0.3 is 0 Å². The second-order valence-electron chi connectivity index (χ2n) is 5.76. The lowest BCUT2D eigenvalue weighted by molar-refractivity contribution is -0.124. The van der Waals surface area contributed by atoms with Gasteiger partial charge in [0.1, 0.15) is 0 Å². The van der Waals surface area contributed by atoms with Gasteiger partial charge in [0, 0.05) is 11.3 Å². The number of rotatable bonds is 4. The Hall–Kier alpha value is -2.41. The summed E-state index contributed by atoms with van der Waals surface area (Å²) in [6, 6.07) is 10.4. The fraction of sp³-hybridized carbons (Fsp3) is 0.222. The Kier molecular flexibility index (Phi) is 5.03. The Morgan fingerprint density at radius 2 is 2.00 bits per heavy atom. The molecule has 2 atom stereocenters. The van der Waals surface area contributed by atoms with E-state index < -0.39 is 22.9 Å². The molecule has 0 spiro atoms. The Morgan fingerprint density at radius 1 is 1.24 bits per heavy atom. The van der Waals surface area contributed by atoms with Crippen LogP contribution in [0.15, 0.2) is 47.4 Å². The number of fused-ring (bicyclic) bond motifs is 1. The van der Waals surface area contributed by atoms with Crippen LogP contribution in [-0.2, 0) is 9.59 Å². The lowest BCUT2D eigenvalue weighted by Crippen LogP contribution is -2.35. The highest BCUT2D eigenvalue weighted by Gasteiger charge is 2.29. The monoisotopic (exact) mass is 362 g/mol. The van der Waals surface area contributed by atoms with Crippen molar-refractivity contribution in [3.05, 3.63) is 59.7 Å². The number of benzene rings is 2. The van der Waals surface area contributed by atoms with Crippen LogP contribution in [0.5, 0.6) is 0 Å². The van der Waals surface area contributed by atoms with Crippen molar-refractivity contribution in [3.8, 4) is 0 Å². The summed E-state index contributed by atoms with van der Waals surface area (Å²) < 4.78 is 26.3. The summed E-state index contributed by atoms with van der Waals surface area (Å²) in [5, 5.41) is 4.96. The molecule has 2 N–H and O–H groups in total. The molecule has 130 valence electrons. The maximum absolute atomic E-state index is 13.3. The standard InChI is InChI=1S/C18H16F2N2O2S/c1-10(11-6-7-12(19)13(20)8-11)21-17(23)9-16-18(24)22-14-4-2-3-5-15(14)25-16/h2-8,10,16H,9H2,1H3,(H,21,23)(H,22,24). The van der Waals surface area contributed by atoms with Crippen molar-refractivity contribution in [3.63, 3.8) is 0 Å². The van der Waals surface area contributed by atoms with E-state index in [0.29, 0.717) is 5.56 Å². The highest BCUT2D eigenvalue weighted by atomic mass is 32.2. The number of hydrogen-bond donors (Lipinski definition) is 2. The maximum Gasteiger partial charge on any atom is 0.238 e. The van der Waals surface area contributed by atoms with Crippen LogP contribution in [0.3, 0.4) is 0 Å². The second-order valence-corrected chi connectivity index (χ2v) is 7.00. The zero-order valence-corrected chi connectivity index (χ0v) is 14.2. The molecule has 0 saturated heterocycles. The molecular formula is C18H16F2N2O2S. The molecule has 0 aromatic heterocycles. The van der Waals surface area contributed by atoms with Crippen LogP contribution in [0.2, 0.25) is 0 Å². The van der Waals surface area contributed by atoms with Gasteiger partial charge in [0.15, 0.2) is 11.6 Å². The lowest BCUT2D eigenvalue weighted by Gasteiger charge is -2.24. The van der Waals surface area contributed by atoms with Gasteiger partial charge in [-0.3, -0.25) is 9.59 Å². The average Bonchev–Trinajstić information content (AvgIpc) is 2.58. The Bertz CT molecular complexity index is 828. The quantitative estimate of drug-likeness (QED) is 0.873. The second kappa shape index (κ2) is 7.23. The molecule has 7 heteroatoms. The third kappa shape index (κ3) is 3.99. The van der Waals surface area contributed by atoms with Crippen LogP contribution >= 0.6 is 11.8 Å². The smallest absolute Gasteiger partial charge is 0.238 e. The summed E-state index contributed by atoms with van der Waals surface area (Å²) in [7, 11) is 0. The van der Waals surface area contributed by atoms with Crippen molar-refractivity contribution in [2.45, 2.75) is 29.5 Å². The van der Waals surface area contributed by atoms with Crippen molar-refractivity contribution < 1.29 is 18.4 Å². The molecule has 0 fully saturated rings. The van der Waals surface area contributed by atoms with Crippen LogP contribution < -0.4 is 10.6 Å². The number of anilines is 1. The van der Waals surface area contributed by atoms with Crippen LogP contribution in [0.4, 0.5) is 14.5 Å². The highest BCUT2D eigenvalue weighted by molar-refractivity contribution is 8.01. The first-order chi connectivity index (χ1) is 11.9. The third-order valence-electron chi connectivity index (χ3n) is 3.90. The molecule has 0 radical (unpaired) electrons. The maximum atomic E-state index is 13.3. The summed E-state index contributed by atoms with van der Waals surface area (Å²) >= 11 is 1.34. The van der Waals surface area contributed by atoms with E-state index in [1.807, 2.05) is 24.3 Å². The Balaban J connectivity index is 1.62. The summed E-state index contributed by atoms with van der Waals surface area (Å²) in [5.74, 6) is -2.45. The van der Waals surface area contributed by atoms with Gasteiger partial charge in [-0.1, -0.05) is 18.2 Å². The molecule has 25 heavy (non-hydrogen) atoms. The van der Waals surface area contributed by atoms with E-state index in [9.17, 15) is 18.4 Å². The first kappa shape index (κ1) is 17.4. The summed E-state index contributed by atoms with van der Waals surface area (Å²) in [4.78, 5) is 25.3. The molecule has 1 aliphatic rings. The van der Waals surface area contributed by atoms with Gasteiger partial charge in [-0.25, -0.2) is 8.78 Å². The number of carbonyl (C=O) groups is 2. The zero-order chi connectivity index (χ0) is 18.0. The minimum Gasteiger partial charge on any atom is -0.350 e. The molecular weight excluding hydrogens is 346 g/mol. The number of hydrogen-bond acceptors (Lipinski definition) is 3. The minimum absolute atomic E-state index is 0.00114. The highest BCUT2D eigenvalue weighted by Crippen LogP contribution is 2.36. The van der Waals surface area contributed by atoms with E-state index >= 15 is 0 Å². The first-order valence-electron chi connectivity index (χ1n) is 7.75. The lowest BCUT2D eigenvalue weighted by atomic mass is 10.1. The van der Waals surface area contributed by atoms with Gasteiger partial charge in [-0.05, 0) is 36.8 Å². The third-order valence-corrected chi connectivity index (χ3v) is 5.17. The molecule has 2 aromatic rings. The van der Waals surface area contributed by atoms with Crippen molar-refractivity contribution in [1.29, 1.82) is 0 Å². The molecule has 1 aliphatic heterocycles. The van der Waals surface area contributed by atoms with Crippen molar-refractivity contribution in [2.75, 3.05) is 5.32 Å². The number of halogens is 2. The normalized spacial score (nSPS) is 17.4. The number of thioether (sulfide) groups is 1. The Labute approximate surface area is 148 Å². The molecule has 0 saturated carbocycles. The van der Waals surface area contributed by atoms with E-state index in [1.54, 1.807) is 6.92 Å². The molecule has 0 bridgehead atoms. The molecule has 3 rings (SSSR count). The van der Waals surface area contributed by atoms with E-state index in [-0.39, 0.29) is 18.2 Å². The van der Waals surface area contributed by atoms with E-state index in [4.69, 9.17) is 0 Å². The molecule has 2 unspecified atom stereocenters. The number of para-hydroxylation sites is 1. The van der Waals surface area contributed by atoms with Crippen molar-refractivity contribution >= 4 is 29.3 Å². The fourth-order valence-corrected chi connectivity index (χ4v) is 3.67. The zero-order valence-electron chi connectivity index (χ0n) is 13.4. The van der Waals surface area contributed by atoms with E-state index in [2.05, 4.69) is 10.6 Å². The molecule has 2 amide bonds. The van der Waals surface area contributed by atoms with E-state index in [1.165, 1.54) is 17.8 Å². The molecule has 2 aromatic carbocycles. The van der Waals surface area contributed by atoms with Gasteiger partial charge in [-0.2, -0.15) is 0 Å². The SMILES string of the molecule is CC(NC(=O)CC1Sc2ccccc2NC1=O)c1ccc(F)c(F)c1. The predicted molar refractivity (Wildman–Crippen MR) is 92.2 cm³/mol. The summed E-state index contributed by atoms with van der Waals surface area (Å²) in [6.45, 7) is 1.67. The number of amides is 2. The molecule has 4 nitrogen and oxygen atoms in total. The molecule has 1 heterocycles. The van der Waals surface area contributed by atoms with Gasteiger partial charge in [0.25, 0.3) is 0 Å². The van der Waals surface area contributed by atoms with Crippen molar-refractivity contribution in [1.82, 2.24) is 5.32 Å². The van der Waals surface area contributed by atoms with Gasteiger partial charge in [-0.15, -0.1) is 11.8 Å². The number of carbonyl (C=O) groups excluding carboxylic acids is 2. The van der Waals surface area contributed by atoms with Crippen LogP contribution in [0.1, 0.15) is 24.9 Å². The van der Waals surface area contributed by atoms with Gasteiger partial charge in [0.2, 0.25) is 11.8 Å². The molecule has 0 aliphatic carbocycles. The largest absolute Gasteiger partial charge is 0.350 e. The fourth-order valence-electron chi connectivity index (χ4n) is 2.56. The average molecular weight is 362 g/mol. The first-order valence-corrected chi connectivity index (χ1v) is 8.63. The number of nitrogens with one attached hydrogen (secondary N) is 2. The van der Waals surface area contributed by atoms with Crippen molar-refractivity contribution in [2.24, 2.45) is 0 Å². The summed E-state index contributed by atoms with van der Waals surface area (Å²) in [6.07, 6.45) is -0.00114. The summed E-state index contributed by atoms with van der Waals surface area (Å²) in [5.41, 5.74) is 1.20. The van der Waals surface area contributed by atoms with Crippen LogP contribution in [0.25, 0.3) is 0 Å².